The number of ether oxygens (including phenoxy) is 1. The molecule has 0 aliphatic carbocycles. The molecule has 2 aromatic heterocycles. The lowest BCUT2D eigenvalue weighted by Crippen LogP contribution is -2.38. The van der Waals surface area contributed by atoms with Gasteiger partial charge in [-0.25, -0.2) is 9.97 Å². The zero-order valence-electron chi connectivity index (χ0n) is 21.4. The molecule has 0 bridgehead atoms. The molecule has 5 rings (SSSR count). The molecule has 0 radical (unpaired) electrons. The van der Waals surface area contributed by atoms with Gasteiger partial charge in [-0.3, -0.25) is 9.69 Å². The highest BCUT2D eigenvalue weighted by molar-refractivity contribution is 5.97. The summed E-state index contributed by atoms with van der Waals surface area (Å²) < 4.78 is 7.38. The van der Waals surface area contributed by atoms with Gasteiger partial charge in [-0.2, -0.15) is 9.78 Å². The van der Waals surface area contributed by atoms with Gasteiger partial charge in [-0.1, -0.05) is 42.0 Å². The Labute approximate surface area is 211 Å². The minimum atomic E-state index is -0.114. The molecule has 2 aromatic carbocycles. The van der Waals surface area contributed by atoms with Crippen LogP contribution in [-0.4, -0.2) is 32.3 Å². The molecule has 4 aromatic rings. The van der Waals surface area contributed by atoms with E-state index in [1.165, 1.54) is 5.56 Å². The third-order valence-corrected chi connectivity index (χ3v) is 6.58. The first-order valence-corrected chi connectivity index (χ1v) is 12.3. The van der Waals surface area contributed by atoms with Gasteiger partial charge in [0, 0.05) is 29.3 Å². The Morgan fingerprint density at radius 1 is 0.944 bits per heavy atom. The second-order valence-electron chi connectivity index (χ2n) is 9.41. The van der Waals surface area contributed by atoms with Crippen molar-refractivity contribution in [2.45, 2.75) is 53.5 Å². The van der Waals surface area contributed by atoms with Crippen LogP contribution < -0.4 is 9.64 Å². The zero-order chi connectivity index (χ0) is 25.4. The Morgan fingerprint density at radius 3 is 2.25 bits per heavy atom. The molecule has 1 aliphatic rings. The van der Waals surface area contributed by atoms with Crippen molar-refractivity contribution in [3.8, 4) is 11.7 Å². The van der Waals surface area contributed by atoms with Gasteiger partial charge in [0.15, 0.2) is 0 Å². The van der Waals surface area contributed by atoms with Gasteiger partial charge in [-0.15, -0.1) is 0 Å². The molecule has 184 valence electrons. The molecule has 7 nitrogen and oxygen atoms in total. The van der Waals surface area contributed by atoms with Gasteiger partial charge in [0.05, 0.1) is 18.8 Å². The third-order valence-electron chi connectivity index (χ3n) is 6.58. The van der Waals surface area contributed by atoms with Crippen LogP contribution in [0, 0.1) is 27.7 Å². The predicted molar refractivity (Wildman–Crippen MR) is 140 cm³/mol. The summed E-state index contributed by atoms with van der Waals surface area (Å²) >= 11 is 0. The van der Waals surface area contributed by atoms with E-state index in [0.29, 0.717) is 25.5 Å². The molecule has 1 atom stereocenters. The number of benzene rings is 2. The van der Waals surface area contributed by atoms with Crippen LogP contribution in [0.15, 0.2) is 54.6 Å². The fourth-order valence-corrected chi connectivity index (χ4v) is 4.93. The number of fused-ring (bicyclic) bond motifs is 1. The van der Waals surface area contributed by atoms with Crippen LogP contribution in [0.2, 0.25) is 0 Å². The van der Waals surface area contributed by atoms with E-state index in [0.717, 1.165) is 45.3 Å². The van der Waals surface area contributed by atoms with E-state index in [1.807, 2.05) is 62.9 Å². The summed E-state index contributed by atoms with van der Waals surface area (Å²) in [5.41, 5.74) is 6.92. The Hall–Kier alpha value is -4.00. The van der Waals surface area contributed by atoms with Crippen molar-refractivity contribution >= 4 is 11.7 Å². The maximum Gasteiger partial charge on any atom is 0.252 e. The maximum atomic E-state index is 13.7. The van der Waals surface area contributed by atoms with Crippen molar-refractivity contribution < 1.29 is 9.53 Å². The Balaban J connectivity index is 1.66. The van der Waals surface area contributed by atoms with Crippen molar-refractivity contribution in [3.63, 3.8) is 0 Å². The summed E-state index contributed by atoms with van der Waals surface area (Å²) in [5, 5.41) is 4.88. The number of carbonyl (C=O) groups excluding carboxylic acids is 1. The molecule has 3 heterocycles. The van der Waals surface area contributed by atoms with Crippen molar-refractivity contribution in [2.75, 3.05) is 11.5 Å². The van der Waals surface area contributed by atoms with E-state index in [-0.39, 0.29) is 11.8 Å². The van der Waals surface area contributed by atoms with E-state index in [9.17, 15) is 4.79 Å². The Morgan fingerprint density at radius 2 is 1.61 bits per heavy atom. The van der Waals surface area contributed by atoms with Gasteiger partial charge in [0.25, 0.3) is 5.95 Å². The first-order valence-electron chi connectivity index (χ1n) is 12.3. The predicted octanol–water partition coefficient (Wildman–Crippen LogP) is 5.36. The van der Waals surface area contributed by atoms with Gasteiger partial charge >= 0.3 is 0 Å². The van der Waals surface area contributed by atoms with Crippen LogP contribution in [0.1, 0.15) is 58.6 Å². The smallest absolute Gasteiger partial charge is 0.252 e. The second-order valence-corrected chi connectivity index (χ2v) is 9.41. The normalized spacial score (nSPS) is 15.2. The average molecular weight is 482 g/mol. The molecule has 0 fully saturated rings. The third kappa shape index (κ3) is 4.49. The van der Waals surface area contributed by atoms with E-state index < -0.39 is 0 Å². The topological polar surface area (TPSA) is 73.1 Å². The average Bonchev–Trinajstić information content (AvgIpc) is 3.19. The minimum absolute atomic E-state index is 0.0486. The van der Waals surface area contributed by atoms with Crippen LogP contribution in [0.25, 0.3) is 5.95 Å². The molecular formula is C29H31N5O2. The monoisotopic (exact) mass is 481 g/mol. The summed E-state index contributed by atoms with van der Waals surface area (Å²) in [6.45, 7) is 11.0. The number of nitrogens with zero attached hydrogens (tertiary/aromatic N) is 5. The Bertz CT molecular complexity index is 1390. The fraction of sp³-hybridized carbons (Fsp3) is 0.310. The van der Waals surface area contributed by atoms with Crippen LogP contribution in [0.5, 0.6) is 5.75 Å². The quantitative estimate of drug-likeness (QED) is 0.371. The van der Waals surface area contributed by atoms with E-state index >= 15 is 0 Å². The van der Waals surface area contributed by atoms with Crippen LogP contribution in [-0.2, 0) is 11.3 Å². The lowest BCUT2D eigenvalue weighted by molar-refractivity contribution is -0.119. The fourth-order valence-electron chi connectivity index (χ4n) is 4.93. The number of amides is 1. The lowest BCUT2D eigenvalue weighted by Gasteiger charge is -2.33. The molecule has 0 spiro atoms. The molecule has 1 unspecified atom stereocenters. The lowest BCUT2D eigenvalue weighted by atomic mass is 9.85. The maximum absolute atomic E-state index is 13.7. The number of hydrogen-bond acceptors (Lipinski definition) is 5. The number of aryl methyl sites for hydroxylation is 4. The van der Waals surface area contributed by atoms with Gasteiger partial charge < -0.3 is 4.74 Å². The highest BCUT2D eigenvalue weighted by Crippen LogP contribution is 2.43. The van der Waals surface area contributed by atoms with Crippen molar-refractivity contribution in [2.24, 2.45) is 0 Å². The van der Waals surface area contributed by atoms with Crippen molar-refractivity contribution in [1.29, 1.82) is 0 Å². The molecular weight excluding hydrogens is 450 g/mol. The standard InChI is InChI=1S/C29H31N5O2/c1-6-36-24-13-11-23(12-14-24)25-16-26(35)33(17-22-9-7-18(2)8-10-22)28-27(25)21(5)32-34(28)29-30-19(3)15-20(4)31-29/h7-15,25H,6,16-17H2,1-5H3. The summed E-state index contributed by atoms with van der Waals surface area (Å²) in [7, 11) is 0. The first-order chi connectivity index (χ1) is 17.3. The summed E-state index contributed by atoms with van der Waals surface area (Å²) in [4.78, 5) is 24.9. The number of aromatic nitrogens is 4. The number of carbonyl (C=O) groups is 1. The van der Waals surface area contributed by atoms with Crippen molar-refractivity contribution in [3.05, 3.63) is 93.9 Å². The Kier molecular flexibility index (Phi) is 6.31. The minimum Gasteiger partial charge on any atom is -0.494 e. The van der Waals surface area contributed by atoms with E-state index in [2.05, 4.69) is 41.2 Å². The van der Waals surface area contributed by atoms with Crippen LogP contribution in [0.3, 0.4) is 0 Å². The second kappa shape index (κ2) is 9.57. The summed E-state index contributed by atoms with van der Waals surface area (Å²) in [6.07, 6.45) is 0.368. The molecule has 0 saturated heterocycles. The van der Waals surface area contributed by atoms with Gasteiger partial charge in [-0.05, 0) is 63.9 Å². The first kappa shape index (κ1) is 23.7. The number of hydrogen-bond donors (Lipinski definition) is 0. The summed E-state index contributed by atoms with van der Waals surface area (Å²) in [5.74, 6) is 1.98. The molecule has 0 N–H and O–H groups in total. The molecule has 7 heteroatoms. The number of anilines is 1. The van der Waals surface area contributed by atoms with E-state index in [4.69, 9.17) is 9.84 Å². The number of rotatable bonds is 6. The highest BCUT2D eigenvalue weighted by atomic mass is 16.5. The van der Waals surface area contributed by atoms with Crippen LogP contribution >= 0.6 is 0 Å². The molecule has 1 aliphatic heterocycles. The van der Waals surface area contributed by atoms with Gasteiger partial charge in [0.2, 0.25) is 5.91 Å². The molecule has 0 saturated carbocycles. The summed E-state index contributed by atoms with van der Waals surface area (Å²) in [6, 6.07) is 18.3. The van der Waals surface area contributed by atoms with E-state index in [1.54, 1.807) is 4.68 Å². The zero-order valence-corrected chi connectivity index (χ0v) is 21.4. The van der Waals surface area contributed by atoms with Crippen LogP contribution in [0.4, 0.5) is 5.82 Å². The van der Waals surface area contributed by atoms with Crippen molar-refractivity contribution in [1.82, 2.24) is 19.7 Å². The SMILES string of the molecule is CCOc1ccc(C2CC(=O)N(Cc3ccc(C)cc3)c3c2c(C)nn3-c2nc(C)cc(C)n2)cc1. The molecule has 1 amide bonds. The van der Waals surface area contributed by atoms with Gasteiger partial charge in [0.1, 0.15) is 11.6 Å². The largest absolute Gasteiger partial charge is 0.494 e. The highest BCUT2D eigenvalue weighted by Gasteiger charge is 2.38. The molecule has 36 heavy (non-hydrogen) atoms.